The van der Waals surface area contributed by atoms with Crippen LogP contribution in [-0.4, -0.2) is 102 Å². The van der Waals surface area contributed by atoms with E-state index in [0.717, 1.165) is 125 Å². The minimum absolute atomic E-state index is 0.129. The number of nitrogens with zero attached hydrogens (tertiary/aromatic N) is 5. The van der Waals surface area contributed by atoms with Crippen molar-refractivity contribution in [3.63, 3.8) is 0 Å². The van der Waals surface area contributed by atoms with E-state index in [9.17, 15) is 19.2 Å². The van der Waals surface area contributed by atoms with E-state index in [1.165, 1.54) is 0 Å². The van der Waals surface area contributed by atoms with Gasteiger partial charge in [0.15, 0.2) is 11.6 Å². The number of amides is 2. The predicted octanol–water partition coefficient (Wildman–Crippen LogP) is 9.38. The summed E-state index contributed by atoms with van der Waals surface area (Å²) in [6, 6.07) is 40.2. The van der Waals surface area contributed by atoms with Crippen molar-refractivity contribution >= 4 is 88.3 Å². The Labute approximate surface area is 403 Å². The van der Waals surface area contributed by atoms with E-state index < -0.39 is 11.1 Å². The second-order valence-corrected chi connectivity index (χ2v) is 19.7. The molecule has 4 aliphatic heterocycles. The molecule has 4 aliphatic rings. The van der Waals surface area contributed by atoms with Crippen LogP contribution in [0.2, 0.25) is 0 Å². The van der Waals surface area contributed by atoms with Crippen LogP contribution in [0.5, 0.6) is 0 Å². The van der Waals surface area contributed by atoms with Gasteiger partial charge in [-0.25, -0.2) is 0 Å². The Kier molecular flexibility index (Phi) is 14.0. The maximum absolute atomic E-state index is 12.8. The fourth-order valence-electron chi connectivity index (χ4n) is 10.2. The van der Waals surface area contributed by atoms with E-state index >= 15 is 0 Å². The highest BCUT2D eigenvalue weighted by Crippen LogP contribution is 2.38. The molecule has 6 aromatic rings. The Balaban J connectivity index is 0.000000166. The Bertz CT molecular complexity index is 2530. The fraction of sp³-hybridized carbons (Fsp3) is 0.340. The molecule has 0 saturated carbocycles. The monoisotopic (exact) mass is 1010 g/mol. The number of hydrogen-bond donors (Lipinski definition) is 2. The van der Waals surface area contributed by atoms with Gasteiger partial charge in [0.25, 0.3) is 0 Å². The van der Waals surface area contributed by atoms with Crippen LogP contribution in [0.3, 0.4) is 0 Å². The molecule has 13 heteroatoms. The molecule has 0 unspecified atom stereocenters. The summed E-state index contributed by atoms with van der Waals surface area (Å²) < 4.78 is 2.06. The molecule has 2 amide bonds. The van der Waals surface area contributed by atoms with Gasteiger partial charge in [0.1, 0.15) is 11.1 Å². The van der Waals surface area contributed by atoms with E-state index in [2.05, 4.69) is 97.4 Å². The lowest BCUT2D eigenvalue weighted by Gasteiger charge is -2.43. The number of nitrogens with one attached hydrogen (secondary N) is 2. The summed E-state index contributed by atoms with van der Waals surface area (Å²) in [5, 5.41) is 9.37. The molecule has 0 aliphatic carbocycles. The van der Waals surface area contributed by atoms with Crippen LogP contribution in [0.4, 0.5) is 11.4 Å². The number of aromatic nitrogens is 1. The summed E-state index contributed by atoms with van der Waals surface area (Å²) in [6.45, 7) is 6.29. The molecule has 340 valence electrons. The fourth-order valence-corrected chi connectivity index (χ4v) is 10.7. The predicted molar refractivity (Wildman–Crippen MR) is 269 cm³/mol. The number of halogens is 2. The molecule has 1 aromatic heterocycles. The third-order valence-corrected chi connectivity index (χ3v) is 15.1. The van der Waals surface area contributed by atoms with Gasteiger partial charge in [0.05, 0.1) is 18.9 Å². The number of fused-ring (bicyclic) bond motifs is 2. The van der Waals surface area contributed by atoms with Crippen molar-refractivity contribution in [3.8, 4) is 0 Å². The summed E-state index contributed by atoms with van der Waals surface area (Å²) in [5.41, 5.74) is 3.58. The molecule has 10 rings (SSSR count). The van der Waals surface area contributed by atoms with Gasteiger partial charge in [-0.05, 0) is 129 Å². The molecule has 2 N–H and O–H groups in total. The first-order chi connectivity index (χ1) is 32.1. The van der Waals surface area contributed by atoms with Gasteiger partial charge in [0.2, 0.25) is 11.8 Å². The van der Waals surface area contributed by atoms with Crippen LogP contribution >= 0.6 is 31.9 Å². The van der Waals surface area contributed by atoms with Crippen molar-refractivity contribution in [2.24, 2.45) is 0 Å². The van der Waals surface area contributed by atoms with Crippen molar-refractivity contribution in [2.75, 3.05) is 62.4 Å². The number of likely N-dealkylation sites (tertiary alicyclic amines) is 2. The normalized spacial score (nSPS) is 18.1. The lowest BCUT2D eigenvalue weighted by Crippen LogP contribution is -2.56. The number of ketones is 2. The standard InChI is InChI=1S/C27H28BrN3O2.C26H27BrN4O2/c28-23-9-11-24(12-10-23)31-19-29-26(33)27(31)13-16-30(17-14-27)15-3-6-25(32)22-8-7-20-4-1-2-5-21(20)18-22;27-21-7-9-22(10-8-21)31-18-29-25(33)26(31)11-14-30(15-12-26)13-3-6-24(32)20-16-19-4-1-2-5-23(19)28-17-20/h1-2,4-5,7-12,18H,3,6,13-17,19H2,(H,29,33);1-2,4-5,7-10,16-17H,3,6,11-15,18H2,(H,29,33). The topological polar surface area (TPSA) is 118 Å². The van der Waals surface area contributed by atoms with Crippen molar-refractivity contribution in [1.82, 2.24) is 25.4 Å². The Hall–Kier alpha value is -5.47. The highest BCUT2D eigenvalue weighted by Gasteiger charge is 2.51. The van der Waals surface area contributed by atoms with Crippen LogP contribution in [0.15, 0.2) is 136 Å². The minimum Gasteiger partial charge on any atom is -0.339 e. The first kappa shape index (κ1) is 45.7. The third kappa shape index (κ3) is 9.81. The van der Waals surface area contributed by atoms with Crippen LogP contribution in [0.25, 0.3) is 21.7 Å². The molecule has 4 saturated heterocycles. The number of Topliss-reactive ketones (excluding diaryl/α,β-unsaturated/α-hetero) is 2. The molecule has 5 heterocycles. The number of piperidine rings is 2. The molecule has 11 nitrogen and oxygen atoms in total. The van der Waals surface area contributed by atoms with Crippen LogP contribution < -0.4 is 20.4 Å². The summed E-state index contributed by atoms with van der Waals surface area (Å²) in [4.78, 5) is 64.7. The molecule has 2 spiro atoms. The Morgan fingerprint density at radius 1 is 0.545 bits per heavy atom. The van der Waals surface area contributed by atoms with E-state index in [0.29, 0.717) is 31.7 Å². The molecule has 5 aromatic carbocycles. The average Bonchev–Trinajstić information content (AvgIpc) is 3.84. The van der Waals surface area contributed by atoms with Crippen molar-refractivity contribution in [2.45, 2.75) is 62.4 Å². The van der Waals surface area contributed by atoms with Crippen LogP contribution in [0.1, 0.15) is 72.1 Å². The highest BCUT2D eigenvalue weighted by molar-refractivity contribution is 9.10. The molecule has 0 bridgehead atoms. The van der Waals surface area contributed by atoms with Crippen LogP contribution in [-0.2, 0) is 9.59 Å². The molecular formula is C53H55Br2N7O4. The van der Waals surface area contributed by atoms with E-state index in [4.69, 9.17) is 0 Å². The maximum atomic E-state index is 12.8. The average molecular weight is 1010 g/mol. The molecule has 66 heavy (non-hydrogen) atoms. The second-order valence-electron chi connectivity index (χ2n) is 17.9. The lowest BCUT2D eigenvalue weighted by atomic mass is 9.85. The number of carbonyl (C=O) groups is 4. The summed E-state index contributed by atoms with van der Waals surface area (Å²) in [7, 11) is 0. The Morgan fingerprint density at radius 3 is 1.53 bits per heavy atom. The largest absolute Gasteiger partial charge is 0.339 e. The van der Waals surface area contributed by atoms with Crippen LogP contribution in [0, 0.1) is 0 Å². The number of pyridine rings is 1. The molecular weight excluding hydrogens is 958 g/mol. The number of anilines is 2. The summed E-state index contributed by atoms with van der Waals surface area (Å²) in [6.07, 6.45) is 7.56. The van der Waals surface area contributed by atoms with E-state index in [1.807, 2.05) is 91.0 Å². The summed E-state index contributed by atoms with van der Waals surface area (Å²) >= 11 is 6.97. The summed E-state index contributed by atoms with van der Waals surface area (Å²) in [5.74, 6) is 0.602. The molecule has 0 atom stereocenters. The van der Waals surface area contributed by atoms with Crippen molar-refractivity contribution in [3.05, 3.63) is 148 Å². The van der Waals surface area contributed by atoms with Crippen molar-refractivity contribution < 1.29 is 19.2 Å². The van der Waals surface area contributed by atoms with Gasteiger partial charge < -0.3 is 30.2 Å². The number of para-hydroxylation sites is 1. The minimum atomic E-state index is -0.475. The first-order valence-electron chi connectivity index (χ1n) is 23.1. The van der Waals surface area contributed by atoms with E-state index in [-0.39, 0.29) is 23.4 Å². The number of benzene rings is 5. The SMILES string of the molecule is O=C(CCCN1CCC2(CC1)C(=O)NCN2c1ccc(Br)cc1)c1ccc2ccccc2c1.O=C(CCCN1CCC2(CC1)C(=O)NCN2c1ccc(Br)cc1)c1cnc2ccccc2c1. The van der Waals surface area contributed by atoms with Gasteiger partial charge in [-0.3, -0.25) is 24.2 Å². The number of carbonyl (C=O) groups excluding carboxylic acids is 4. The Morgan fingerprint density at radius 2 is 1.00 bits per heavy atom. The first-order valence-corrected chi connectivity index (χ1v) is 24.7. The van der Waals surface area contributed by atoms with Gasteiger partial charge >= 0.3 is 0 Å². The number of hydrogen-bond acceptors (Lipinski definition) is 9. The zero-order valence-corrected chi connectivity index (χ0v) is 40.2. The van der Waals surface area contributed by atoms with Gasteiger partial charge in [0, 0.05) is 82.1 Å². The van der Waals surface area contributed by atoms with Gasteiger partial charge in [-0.1, -0.05) is 86.5 Å². The quantitative estimate of drug-likeness (QED) is 0.116. The zero-order chi connectivity index (χ0) is 45.7. The third-order valence-electron chi connectivity index (χ3n) is 14.1. The maximum Gasteiger partial charge on any atom is 0.247 e. The lowest BCUT2D eigenvalue weighted by molar-refractivity contribution is -0.125. The zero-order valence-electron chi connectivity index (χ0n) is 37.1. The molecule has 0 radical (unpaired) electrons. The second kappa shape index (κ2) is 20.2. The smallest absolute Gasteiger partial charge is 0.247 e. The van der Waals surface area contributed by atoms with E-state index in [1.54, 1.807) is 6.20 Å². The molecule has 4 fully saturated rings. The van der Waals surface area contributed by atoms with Gasteiger partial charge in [-0.2, -0.15) is 0 Å². The van der Waals surface area contributed by atoms with Gasteiger partial charge in [-0.15, -0.1) is 0 Å². The highest BCUT2D eigenvalue weighted by atomic mass is 79.9. The number of rotatable bonds is 12. The van der Waals surface area contributed by atoms with Crippen molar-refractivity contribution in [1.29, 1.82) is 0 Å².